The zero-order valence-corrected chi connectivity index (χ0v) is 10.9. The fourth-order valence-corrected chi connectivity index (χ4v) is 2.58. The van der Waals surface area contributed by atoms with Crippen LogP contribution in [0.2, 0.25) is 0 Å². The van der Waals surface area contributed by atoms with Crippen molar-refractivity contribution < 1.29 is 19.8 Å². The van der Waals surface area contributed by atoms with Crippen LogP contribution in [0.3, 0.4) is 0 Å². The summed E-state index contributed by atoms with van der Waals surface area (Å²) in [6.07, 6.45) is 0. The Bertz CT molecular complexity index is 836. The summed E-state index contributed by atoms with van der Waals surface area (Å²) in [4.78, 5) is 23.8. The van der Waals surface area contributed by atoms with Crippen molar-refractivity contribution in [2.45, 2.75) is 0 Å². The molecular formula is C16H11NO4. The number of hydrogen-bond acceptors (Lipinski definition) is 4. The van der Waals surface area contributed by atoms with Crippen LogP contribution in [0.25, 0.3) is 5.57 Å². The summed E-state index contributed by atoms with van der Waals surface area (Å²) in [5.41, 5.74) is 6.47. The number of primary amides is 1. The zero-order chi connectivity index (χ0) is 15.3. The van der Waals surface area contributed by atoms with Gasteiger partial charge in [-0.3, -0.25) is 9.59 Å². The Morgan fingerprint density at radius 2 is 1.71 bits per heavy atom. The molecule has 0 aromatic heterocycles. The van der Waals surface area contributed by atoms with Crippen LogP contribution in [0, 0.1) is 0 Å². The number of phenols is 2. The van der Waals surface area contributed by atoms with Gasteiger partial charge in [-0.1, -0.05) is 18.7 Å². The van der Waals surface area contributed by atoms with Gasteiger partial charge in [-0.25, -0.2) is 0 Å². The average molecular weight is 281 g/mol. The highest BCUT2D eigenvalue weighted by Gasteiger charge is 2.31. The van der Waals surface area contributed by atoms with Gasteiger partial charge >= 0.3 is 0 Å². The van der Waals surface area contributed by atoms with E-state index in [1.807, 2.05) is 0 Å². The summed E-state index contributed by atoms with van der Waals surface area (Å²) in [5.74, 6) is -1.50. The molecule has 5 nitrogen and oxygen atoms in total. The number of benzene rings is 2. The number of aromatic hydroxyl groups is 2. The first-order valence-corrected chi connectivity index (χ1v) is 6.15. The number of ketones is 1. The number of hydrogen-bond donors (Lipinski definition) is 3. The monoisotopic (exact) mass is 281 g/mol. The molecule has 5 heteroatoms. The Morgan fingerprint density at radius 1 is 1.05 bits per heavy atom. The molecule has 0 fully saturated rings. The average Bonchev–Trinajstić information content (AvgIpc) is 2.43. The molecule has 0 unspecified atom stereocenters. The van der Waals surface area contributed by atoms with Gasteiger partial charge in [0.15, 0.2) is 5.78 Å². The largest absolute Gasteiger partial charge is 0.507 e. The van der Waals surface area contributed by atoms with Crippen LogP contribution in [0.5, 0.6) is 11.5 Å². The molecule has 0 aliphatic heterocycles. The molecule has 0 radical (unpaired) electrons. The lowest BCUT2D eigenvalue weighted by molar-refractivity contribution is 0.1000. The molecule has 2 aromatic rings. The van der Waals surface area contributed by atoms with Gasteiger partial charge in [0.05, 0.1) is 0 Å². The van der Waals surface area contributed by atoms with Gasteiger partial charge in [-0.2, -0.15) is 0 Å². The van der Waals surface area contributed by atoms with E-state index in [1.54, 1.807) is 12.1 Å². The number of phenolic OH excluding ortho intramolecular Hbond substituents is 2. The summed E-state index contributed by atoms with van der Waals surface area (Å²) in [5, 5.41) is 20.0. The van der Waals surface area contributed by atoms with E-state index in [0.29, 0.717) is 5.57 Å². The number of rotatable bonds is 1. The summed E-state index contributed by atoms with van der Waals surface area (Å²) < 4.78 is 0. The summed E-state index contributed by atoms with van der Waals surface area (Å²) in [6.45, 7) is 3.84. The number of amides is 1. The van der Waals surface area contributed by atoms with E-state index < -0.39 is 11.7 Å². The molecular weight excluding hydrogens is 270 g/mol. The van der Waals surface area contributed by atoms with E-state index in [0.717, 1.165) is 0 Å². The van der Waals surface area contributed by atoms with E-state index in [-0.39, 0.29) is 39.3 Å². The second-order valence-electron chi connectivity index (χ2n) is 4.79. The van der Waals surface area contributed by atoms with Crippen LogP contribution in [-0.2, 0) is 0 Å². The molecule has 1 aliphatic rings. The third kappa shape index (κ3) is 1.71. The fraction of sp³-hybridized carbons (Fsp3) is 0. The Morgan fingerprint density at radius 3 is 2.38 bits per heavy atom. The third-order valence-electron chi connectivity index (χ3n) is 3.54. The number of nitrogens with two attached hydrogens (primary N) is 1. The molecule has 2 aromatic carbocycles. The van der Waals surface area contributed by atoms with E-state index in [1.165, 1.54) is 18.2 Å². The lowest BCUT2D eigenvalue weighted by Gasteiger charge is -2.22. The highest BCUT2D eigenvalue weighted by Crippen LogP contribution is 2.43. The molecule has 0 spiro atoms. The SMILES string of the molecule is C=C1c2c(O)cccc2C(=O)c2cc(C(N)=O)cc(O)c21. The van der Waals surface area contributed by atoms with Crippen molar-refractivity contribution in [3.63, 3.8) is 0 Å². The van der Waals surface area contributed by atoms with Crippen LogP contribution in [-0.4, -0.2) is 21.9 Å². The fourth-order valence-electron chi connectivity index (χ4n) is 2.58. The summed E-state index contributed by atoms with van der Waals surface area (Å²) in [6, 6.07) is 7.06. The molecule has 0 saturated carbocycles. The maximum atomic E-state index is 12.5. The third-order valence-corrected chi connectivity index (χ3v) is 3.54. The molecule has 4 N–H and O–H groups in total. The van der Waals surface area contributed by atoms with Crippen LogP contribution >= 0.6 is 0 Å². The summed E-state index contributed by atoms with van der Waals surface area (Å²) in [7, 11) is 0. The molecule has 104 valence electrons. The Balaban J connectivity index is 2.36. The van der Waals surface area contributed by atoms with Crippen molar-refractivity contribution in [1.29, 1.82) is 0 Å². The van der Waals surface area contributed by atoms with Gasteiger partial charge in [-0.15, -0.1) is 0 Å². The van der Waals surface area contributed by atoms with Gasteiger partial charge in [0.1, 0.15) is 11.5 Å². The van der Waals surface area contributed by atoms with E-state index in [9.17, 15) is 19.8 Å². The Kier molecular flexibility index (Phi) is 2.59. The van der Waals surface area contributed by atoms with Crippen LogP contribution in [0.1, 0.15) is 37.4 Å². The van der Waals surface area contributed by atoms with Crippen LogP contribution < -0.4 is 5.73 Å². The van der Waals surface area contributed by atoms with Gasteiger partial charge in [0.2, 0.25) is 5.91 Å². The molecule has 0 atom stereocenters. The van der Waals surface area contributed by atoms with Crippen molar-refractivity contribution in [2.75, 3.05) is 0 Å². The maximum Gasteiger partial charge on any atom is 0.248 e. The Labute approximate surface area is 120 Å². The number of carbonyl (C=O) groups excluding carboxylic acids is 2. The Hall–Kier alpha value is -3.08. The molecule has 1 amide bonds. The normalized spacial score (nSPS) is 12.8. The number of carbonyl (C=O) groups is 2. The van der Waals surface area contributed by atoms with Crippen LogP contribution in [0.4, 0.5) is 0 Å². The lowest BCUT2D eigenvalue weighted by Crippen LogP contribution is -2.17. The molecule has 1 aliphatic carbocycles. The van der Waals surface area contributed by atoms with Crippen LogP contribution in [0.15, 0.2) is 36.9 Å². The predicted octanol–water partition coefficient (Wildman–Crippen LogP) is 1.80. The highest BCUT2D eigenvalue weighted by atomic mass is 16.3. The number of fused-ring (bicyclic) bond motifs is 2. The molecule has 0 bridgehead atoms. The minimum atomic E-state index is -0.742. The minimum absolute atomic E-state index is 0.0380. The van der Waals surface area contributed by atoms with Gasteiger partial charge in [0.25, 0.3) is 0 Å². The van der Waals surface area contributed by atoms with Crippen molar-refractivity contribution in [1.82, 2.24) is 0 Å². The topological polar surface area (TPSA) is 101 Å². The van der Waals surface area contributed by atoms with Gasteiger partial charge < -0.3 is 15.9 Å². The first-order valence-electron chi connectivity index (χ1n) is 6.15. The molecule has 0 saturated heterocycles. The lowest BCUT2D eigenvalue weighted by atomic mass is 9.80. The van der Waals surface area contributed by atoms with Crippen molar-refractivity contribution in [3.05, 3.63) is 64.7 Å². The highest BCUT2D eigenvalue weighted by molar-refractivity contribution is 6.20. The first-order chi connectivity index (χ1) is 9.91. The van der Waals surface area contributed by atoms with E-state index in [2.05, 4.69) is 6.58 Å². The van der Waals surface area contributed by atoms with Gasteiger partial charge in [0, 0.05) is 27.8 Å². The molecule has 21 heavy (non-hydrogen) atoms. The van der Waals surface area contributed by atoms with Crippen molar-refractivity contribution in [3.8, 4) is 11.5 Å². The smallest absolute Gasteiger partial charge is 0.248 e. The quantitative estimate of drug-likeness (QED) is 0.633. The summed E-state index contributed by atoms with van der Waals surface area (Å²) >= 11 is 0. The molecule has 3 rings (SSSR count). The predicted molar refractivity (Wildman–Crippen MR) is 76.3 cm³/mol. The van der Waals surface area contributed by atoms with Crippen molar-refractivity contribution in [2.24, 2.45) is 5.73 Å². The second kappa shape index (κ2) is 4.21. The standard InChI is InChI=1S/C16H11NO4/c1-7-13-9(3-2-4-11(13)18)15(20)10-5-8(16(17)21)6-12(19)14(7)10/h2-6,18-19H,1H2,(H2,17,21). The van der Waals surface area contributed by atoms with Gasteiger partial charge in [-0.05, 0) is 23.8 Å². The van der Waals surface area contributed by atoms with E-state index in [4.69, 9.17) is 5.73 Å². The molecule has 0 heterocycles. The second-order valence-corrected chi connectivity index (χ2v) is 4.79. The minimum Gasteiger partial charge on any atom is -0.507 e. The van der Waals surface area contributed by atoms with E-state index >= 15 is 0 Å². The van der Waals surface area contributed by atoms with Crippen molar-refractivity contribution >= 4 is 17.3 Å². The zero-order valence-electron chi connectivity index (χ0n) is 10.9. The maximum absolute atomic E-state index is 12.5. The first kappa shape index (κ1) is 12.9.